The monoisotopic (exact) mass is 451 g/mol. The van der Waals surface area contributed by atoms with Gasteiger partial charge in [-0.25, -0.2) is 13.8 Å². The van der Waals surface area contributed by atoms with Crippen molar-refractivity contribution in [1.82, 2.24) is 14.5 Å². The molecule has 0 atom stereocenters. The second-order valence-electron chi connectivity index (χ2n) is 7.26. The number of hydrogen-bond acceptors (Lipinski definition) is 6. The molecule has 0 saturated heterocycles. The molecular formula is C24H22FN3O5. The smallest absolute Gasteiger partial charge is 0.333 e. The lowest BCUT2D eigenvalue weighted by Gasteiger charge is -2.14. The molecular weight excluding hydrogens is 429 g/mol. The molecule has 0 bridgehead atoms. The van der Waals surface area contributed by atoms with Crippen molar-refractivity contribution < 1.29 is 18.6 Å². The fourth-order valence-electron chi connectivity index (χ4n) is 3.38. The number of halogens is 1. The third-order valence-electron chi connectivity index (χ3n) is 5.07. The standard InChI is InChI=1S/C24H22FN3O5/c1-15-8-9-16(33-14-19-18(25)6-4-10-26-19)13-20(15)28-23(29)17-5-3-7-21(32-12-11-31-2)22(17)27-24(28)30/h3-10,13H,11-12,14H2,1-2H3,(H,27,30). The van der Waals surface area contributed by atoms with Crippen molar-refractivity contribution in [2.24, 2.45) is 0 Å². The van der Waals surface area contributed by atoms with Gasteiger partial charge < -0.3 is 19.2 Å². The van der Waals surface area contributed by atoms with Crippen molar-refractivity contribution in [3.05, 3.63) is 92.6 Å². The molecule has 0 aliphatic heterocycles. The zero-order valence-corrected chi connectivity index (χ0v) is 18.1. The summed E-state index contributed by atoms with van der Waals surface area (Å²) >= 11 is 0. The van der Waals surface area contributed by atoms with Crippen LogP contribution in [-0.4, -0.2) is 34.9 Å². The summed E-state index contributed by atoms with van der Waals surface area (Å²) in [6.07, 6.45) is 1.48. The highest BCUT2D eigenvalue weighted by atomic mass is 19.1. The topological polar surface area (TPSA) is 95.4 Å². The van der Waals surface area contributed by atoms with Gasteiger partial charge in [0.1, 0.15) is 36.2 Å². The summed E-state index contributed by atoms with van der Waals surface area (Å²) in [5.41, 5.74) is 0.392. The Morgan fingerprint density at radius 2 is 1.91 bits per heavy atom. The number of methoxy groups -OCH3 is 1. The number of nitrogens with one attached hydrogen (secondary N) is 1. The molecule has 2 aromatic heterocycles. The highest BCUT2D eigenvalue weighted by Crippen LogP contribution is 2.23. The van der Waals surface area contributed by atoms with Crippen LogP contribution in [0.1, 0.15) is 11.3 Å². The highest BCUT2D eigenvalue weighted by Gasteiger charge is 2.15. The predicted molar refractivity (Wildman–Crippen MR) is 121 cm³/mol. The number of rotatable bonds is 8. The van der Waals surface area contributed by atoms with E-state index in [9.17, 15) is 14.0 Å². The number of ether oxygens (including phenoxy) is 3. The van der Waals surface area contributed by atoms with E-state index >= 15 is 0 Å². The molecule has 0 aliphatic rings. The molecule has 0 spiro atoms. The normalized spacial score (nSPS) is 11.0. The van der Waals surface area contributed by atoms with E-state index in [2.05, 4.69) is 9.97 Å². The van der Waals surface area contributed by atoms with Crippen molar-refractivity contribution in [1.29, 1.82) is 0 Å². The Labute approximate surface area is 188 Å². The summed E-state index contributed by atoms with van der Waals surface area (Å²) in [6, 6.07) is 12.7. The van der Waals surface area contributed by atoms with Crippen molar-refractivity contribution in [2.45, 2.75) is 13.5 Å². The molecule has 33 heavy (non-hydrogen) atoms. The molecule has 4 aromatic rings. The van der Waals surface area contributed by atoms with E-state index in [1.54, 1.807) is 50.4 Å². The van der Waals surface area contributed by atoms with Gasteiger partial charge >= 0.3 is 5.69 Å². The van der Waals surface area contributed by atoms with Gasteiger partial charge in [0.15, 0.2) is 0 Å². The summed E-state index contributed by atoms with van der Waals surface area (Å²) < 4.78 is 31.2. The summed E-state index contributed by atoms with van der Waals surface area (Å²) in [5, 5.41) is 0.297. The molecule has 4 rings (SSSR count). The average molecular weight is 451 g/mol. The maximum Gasteiger partial charge on any atom is 0.333 e. The first kappa shape index (κ1) is 22.2. The SMILES string of the molecule is COCCOc1cccc2c(=O)n(-c3cc(OCc4ncccc4F)ccc3C)c(=O)[nH]c12. The largest absolute Gasteiger partial charge is 0.489 e. The number of hydrogen-bond donors (Lipinski definition) is 1. The fourth-order valence-corrected chi connectivity index (χ4v) is 3.38. The van der Waals surface area contributed by atoms with Gasteiger partial charge in [-0.2, -0.15) is 0 Å². The first-order chi connectivity index (χ1) is 16.0. The number of H-pyrrole nitrogens is 1. The fraction of sp³-hybridized carbons (Fsp3) is 0.208. The summed E-state index contributed by atoms with van der Waals surface area (Å²) in [4.78, 5) is 32.9. The zero-order chi connectivity index (χ0) is 23.4. The van der Waals surface area contributed by atoms with Crippen molar-refractivity contribution in [3.8, 4) is 17.2 Å². The maximum absolute atomic E-state index is 13.8. The van der Waals surface area contributed by atoms with E-state index in [1.807, 2.05) is 0 Å². The molecule has 0 saturated carbocycles. The molecule has 170 valence electrons. The Kier molecular flexibility index (Phi) is 6.50. The van der Waals surface area contributed by atoms with E-state index in [0.717, 1.165) is 4.57 Å². The third kappa shape index (κ3) is 4.63. The van der Waals surface area contributed by atoms with E-state index < -0.39 is 17.1 Å². The van der Waals surface area contributed by atoms with Gasteiger partial charge in [0.2, 0.25) is 0 Å². The number of nitrogens with zero attached hydrogens (tertiary/aromatic N) is 2. The molecule has 2 heterocycles. The maximum atomic E-state index is 13.8. The second-order valence-corrected chi connectivity index (χ2v) is 7.26. The minimum Gasteiger partial charge on any atom is -0.489 e. The minimum absolute atomic E-state index is 0.0969. The highest BCUT2D eigenvalue weighted by molar-refractivity contribution is 5.83. The van der Waals surface area contributed by atoms with Crippen molar-refractivity contribution in [2.75, 3.05) is 20.3 Å². The molecule has 0 radical (unpaired) electrons. The van der Waals surface area contributed by atoms with Gasteiger partial charge in [-0.1, -0.05) is 12.1 Å². The summed E-state index contributed by atoms with van der Waals surface area (Å²) in [5.74, 6) is 0.274. The van der Waals surface area contributed by atoms with Crippen molar-refractivity contribution >= 4 is 10.9 Å². The Morgan fingerprint density at radius 3 is 2.70 bits per heavy atom. The molecule has 0 fully saturated rings. The molecule has 0 aliphatic carbocycles. The predicted octanol–water partition coefficient (Wildman–Crippen LogP) is 3.13. The molecule has 2 aromatic carbocycles. The number of aromatic nitrogens is 3. The lowest BCUT2D eigenvalue weighted by molar-refractivity contribution is 0.147. The van der Waals surface area contributed by atoms with Crippen LogP contribution in [0.4, 0.5) is 4.39 Å². The van der Waals surface area contributed by atoms with Crippen LogP contribution in [0.2, 0.25) is 0 Å². The Bertz CT molecular complexity index is 1410. The zero-order valence-electron chi connectivity index (χ0n) is 18.1. The Morgan fingerprint density at radius 1 is 1.06 bits per heavy atom. The van der Waals surface area contributed by atoms with E-state index in [4.69, 9.17) is 14.2 Å². The quantitative estimate of drug-likeness (QED) is 0.414. The number of para-hydroxylation sites is 1. The van der Waals surface area contributed by atoms with Crippen LogP contribution in [0.3, 0.4) is 0 Å². The lowest BCUT2D eigenvalue weighted by Crippen LogP contribution is -2.34. The molecule has 0 amide bonds. The molecule has 1 N–H and O–H groups in total. The van der Waals surface area contributed by atoms with Crippen LogP contribution in [0, 0.1) is 12.7 Å². The number of aryl methyl sites for hydroxylation is 1. The van der Waals surface area contributed by atoms with Gasteiger partial charge in [-0.15, -0.1) is 0 Å². The number of fused-ring (bicyclic) bond motifs is 1. The van der Waals surface area contributed by atoms with Crippen LogP contribution in [0.25, 0.3) is 16.6 Å². The van der Waals surface area contributed by atoms with Crippen LogP contribution >= 0.6 is 0 Å². The van der Waals surface area contributed by atoms with Gasteiger partial charge in [0.05, 0.1) is 23.2 Å². The molecule has 9 heteroatoms. The minimum atomic E-state index is -0.619. The first-order valence-corrected chi connectivity index (χ1v) is 10.2. The Balaban J connectivity index is 1.72. The average Bonchev–Trinajstić information content (AvgIpc) is 2.81. The van der Waals surface area contributed by atoms with Gasteiger partial charge in [-0.3, -0.25) is 9.78 Å². The van der Waals surface area contributed by atoms with Gasteiger partial charge in [-0.05, 0) is 42.8 Å². The Hall–Kier alpha value is -3.98. The molecule has 8 nitrogen and oxygen atoms in total. The first-order valence-electron chi connectivity index (χ1n) is 10.2. The van der Waals surface area contributed by atoms with E-state index in [-0.39, 0.29) is 18.9 Å². The van der Waals surface area contributed by atoms with Crippen LogP contribution in [-0.2, 0) is 11.3 Å². The van der Waals surface area contributed by atoms with Gasteiger partial charge in [0, 0.05) is 19.4 Å². The molecule has 0 unspecified atom stereocenters. The second kappa shape index (κ2) is 9.66. The number of aromatic amines is 1. The number of pyridine rings is 1. The van der Waals surface area contributed by atoms with Crippen molar-refractivity contribution in [3.63, 3.8) is 0 Å². The van der Waals surface area contributed by atoms with Crippen LogP contribution in [0.15, 0.2) is 64.3 Å². The van der Waals surface area contributed by atoms with Gasteiger partial charge in [0.25, 0.3) is 5.56 Å². The number of benzene rings is 2. The van der Waals surface area contributed by atoms with E-state index in [1.165, 1.54) is 18.3 Å². The summed E-state index contributed by atoms with van der Waals surface area (Å²) in [7, 11) is 1.56. The third-order valence-corrected chi connectivity index (χ3v) is 5.07. The lowest BCUT2D eigenvalue weighted by atomic mass is 10.1. The van der Waals surface area contributed by atoms with Crippen LogP contribution in [0.5, 0.6) is 11.5 Å². The summed E-state index contributed by atoms with van der Waals surface area (Å²) in [6.45, 7) is 2.32. The van der Waals surface area contributed by atoms with Crippen LogP contribution < -0.4 is 20.7 Å². The van der Waals surface area contributed by atoms with E-state index in [0.29, 0.717) is 40.3 Å².